The molecule has 0 saturated heterocycles. The van der Waals surface area contributed by atoms with E-state index in [2.05, 4.69) is 20.1 Å². The zero-order valence-corrected chi connectivity index (χ0v) is 29.2. The monoisotopic (exact) mass is 767 g/mol. The van der Waals surface area contributed by atoms with Crippen molar-refractivity contribution in [3.05, 3.63) is 84.9 Å². The van der Waals surface area contributed by atoms with Crippen molar-refractivity contribution in [2.45, 2.75) is 56.8 Å². The van der Waals surface area contributed by atoms with Gasteiger partial charge in [0.15, 0.2) is 11.5 Å². The molecule has 0 unspecified atom stereocenters. The molecule has 6 heterocycles. The summed E-state index contributed by atoms with van der Waals surface area (Å²) in [5.41, 5.74) is 2.89. The number of ether oxygens (including phenoxy) is 2. The van der Waals surface area contributed by atoms with Crippen molar-refractivity contribution >= 4 is 34.7 Å². The van der Waals surface area contributed by atoms with Crippen molar-refractivity contribution in [1.82, 2.24) is 29.6 Å². The fraction of sp³-hybridized carbons (Fsp3) is 0.424. The molecule has 0 saturated carbocycles. The minimum absolute atomic E-state index is 0.0435. The minimum atomic E-state index is -4.94. The SMILES string of the molecule is CN(C)C(=O)c1nn2c(c1Cl)CN(c1nc(OC[C@H]3N(C)c4ccc(=O)[nH]c4C3(F)F)nc3c1CO[C@H](c1c(C(F)(F)F)ccc(N)c1F)C3)CCC2. The first-order valence-electron chi connectivity index (χ1n) is 16.3. The van der Waals surface area contributed by atoms with Gasteiger partial charge in [0.05, 0.1) is 52.6 Å². The van der Waals surface area contributed by atoms with Gasteiger partial charge in [0.1, 0.15) is 24.2 Å². The molecule has 3 aromatic heterocycles. The van der Waals surface area contributed by atoms with Crippen LogP contribution in [0.3, 0.4) is 0 Å². The van der Waals surface area contributed by atoms with Crippen LogP contribution in [0.1, 0.15) is 56.8 Å². The first kappa shape index (κ1) is 36.3. The highest BCUT2D eigenvalue weighted by atomic mass is 35.5. The van der Waals surface area contributed by atoms with Gasteiger partial charge < -0.3 is 34.9 Å². The first-order chi connectivity index (χ1) is 25.0. The Hall–Kier alpha value is -5.04. The van der Waals surface area contributed by atoms with Gasteiger partial charge in [-0.25, -0.2) is 4.39 Å². The molecule has 282 valence electrons. The minimum Gasteiger partial charge on any atom is -0.461 e. The molecule has 53 heavy (non-hydrogen) atoms. The van der Waals surface area contributed by atoms with Gasteiger partial charge in [-0.2, -0.15) is 37.0 Å². The van der Waals surface area contributed by atoms with Crippen molar-refractivity contribution in [2.75, 3.05) is 49.8 Å². The molecule has 0 bridgehead atoms. The Balaban J connectivity index is 1.28. The second-order valence-electron chi connectivity index (χ2n) is 13.1. The van der Waals surface area contributed by atoms with Gasteiger partial charge in [0.2, 0.25) is 5.56 Å². The summed E-state index contributed by atoms with van der Waals surface area (Å²) in [5, 5.41) is 4.54. The number of aromatic nitrogens is 5. The second kappa shape index (κ2) is 13.1. The number of aryl methyl sites for hydroxylation is 1. The van der Waals surface area contributed by atoms with Crippen molar-refractivity contribution in [1.29, 1.82) is 0 Å². The van der Waals surface area contributed by atoms with E-state index in [0.717, 1.165) is 12.1 Å². The van der Waals surface area contributed by atoms with Crippen LogP contribution in [0.5, 0.6) is 6.01 Å². The van der Waals surface area contributed by atoms with Crippen molar-refractivity contribution in [3.63, 3.8) is 0 Å². The Morgan fingerprint density at radius 3 is 2.66 bits per heavy atom. The molecule has 1 aromatic carbocycles. The number of carbonyl (C=O) groups excluding carboxylic acids is 1. The number of fused-ring (bicyclic) bond motifs is 3. The standard InChI is InChI=1S/C33H32ClF6N9O4/c1-46(2)30(51)27-25(34)20-12-48(9-4-10-49(20)45-27)29-15-13-52-21(24-16(33(38,39)40)5-6-17(41)26(24)35)11-18(15)42-31(44-29)53-14-22-32(36,37)28-19(47(22)3)7-8-23(50)43-28/h5-8,21-22H,4,9-14,41H2,1-3H3,(H,43,50)/t21-,22+/m0/s1. The van der Waals surface area contributed by atoms with Crippen LogP contribution in [0.25, 0.3) is 0 Å². The molecule has 2 atom stereocenters. The number of aromatic amines is 1. The number of carbonyl (C=O) groups is 1. The number of anilines is 3. The zero-order chi connectivity index (χ0) is 38.1. The maximum Gasteiger partial charge on any atom is 0.416 e. The molecule has 0 aliphatic carbocycles. The lowest BCUT2D eigenvalue weighted by molar-refractivity contribution is -0.140. The number of hydrogen-bond donors (Lipinski definition) is 2. The maximum absolute atomic E-state index is 15.6. The predicted molar refractivity (Wildman–Crippen MR) is 179 cm³/mol. The van der Waals surface area contributed by atoms with Gasteiger partial charge in [-0.05, 0) is 24.6 Å². The highest BCUT2D eigenvalue weighted by molar-refractivity contribution is 6.34. The molecule has 0 fully saturated rings. The summed E-state index contributed by atoms with van der Waals surface area (Å²) in [6, 6.07) is 1.90. The lowest BCUT2D eigenvalue weighted by Crippen LogP contribution is -2.42. The number of likely N-dealkylation sites (N-methyl/N-ethyl adjacent to an activating group) is 1. The topological polar surface area (TPSA) is 148 Å². The van der Waals surface area contributed by atoms with Crippen LogP contribution in [-0.4, -0.2) is 75.9 Å². The number of nitrogens with two attached hydrogens (primary N) is 1. The second-order valence-corrected chi connectivity index (χ2v) is 13.5. The third kappa shape index (κ3) is 6.28. The van der Waals surface area contributed by atoms with E-state index in [9.17, 15) is 22.8 Å². The van der Waals surface area contributed by atoms with E-state index >= 15 is 13.2 Å². The fourth-order valence-corrected chi connectivity index (χ4v) is 7.16. The summed E-state index contributed by atoms with van der Waals surface area (Å²) in [6.07, 6.45) is -6.34. The van der Waals surface area contributed by atoms with Gasteiger partial charge in [-0.1, -0.05) is 11.6 Å². The molecule has 0 radical (unpaired) electrons. The largest absolute Gasteiger partial charge is 0.461 e. The number of hydrogen-bond acceptors (Lipinski definition) is 10. The zero-order valence-electron chi connectivity index (χ0n) is 28.4. The van der Waals surface area contributed by atoms with Gasteiger partial charge in [0, 0.05) is 57.8 Å². The number of halogens is 7. The molecule has 20 heteroatoms. The number of nitrogens with one attached hydrogen (secondary N) is 1. The van der Waals surface area contributed by atoms with Crippen molar-refractivity contribution in [2.24, 2.45) is 0 Å². The number of amides is 1. The summed E-state index contributed by atoms with van der Waals surface area (Å²) in [6.45, 7) is -0.248. The molecule has 7 rings (SSSR count). The number of H-pyrrole nitrogens is 1. The predicted octanol–water partition coefficient (Wildman–Crippen LogP) is 4.67. The fourth-order valence-electron chi connectivity index (χ4n) is 6.89. The van der Waals surface area contributed by atoms with Gasteiger partial charge in [0.25, 0.3) is 5.91 Å². The van der Waals surface area contributed by atoms with Gasteiger partial charge in [-0.15, -0.1) is 0 Å². The van der Waals surface area contributed by atoms with Crippen LogP contribution in [0.4, 0.5) is 43.5 Å². The van der Waals surface area contributed by atoms with Crippen LogP contribution in [0.15, 0.2) is 29.1 Å². The van der Waals surface area contributed by atoms with Gasteiger partial charge >= 0.3 is 18.1 Å². The quantitative estimate of drug-likeness (QED) is 0.210. The first-order valence-corrected chi connectivity index (χ1v) is 16.7. The maximum atomic E-state index is 15.6. The number of pyridine rings is 1. The van der Waals surface area contributed by atoms with Gasteiger partial charge in [-0.3, -0.25) is 14.3 Å². The Kier molecular flexibility index (Phi) is 8.99. The normalized spacial score (nSPS) is 19.4. The average molecular weight is 768 g/mol. The van der Waals surface area contributed by atoms with Crippen LogP contribution in [0.2, 0.25) is 5.02 Å². The van der Waals surface area contributed by atoms with Crippen LogP contribution in [0, 0.1) is 5.82 Å². The number of nitrogens with zero attached hydrogens (tertiary/aromatic N) is 7. The van der Waals surface area contributed by atoms with E-state index in [1.165, 1.54) is 22.9 Å². The number of alkyl halides is 5. The molecule has 13 nitrogen and oxygen atoms in total. The summed E-state index contributed by atoms with van der Waals surface area (Å²) < 4.78 is 102. The smallest absolute Gasteiger partial charge is 0.416 e. The third-order valence-electron chi connectivity index (χ3n) is 9.60. The summed E-state index contributed by atoms with van der Waals surface area (Å²) in [5.74, 6) is -5.05. The lowest BCUT2D eigenvalue weighted by Gasteiger charge is -2.32. The number of rotatable bonds is 6. The molecule has 3 aliphatic rings. The van der Waals surface area contributed by atoms with Crippen molar-refractivity contribution < 1.29 is 40.6 Å². The van der Waals surface area contributed by atoms with E-state index in [0.29, 0.717) is 36.8 Å². The Bertz CT molecular complexity index is 2180. The van der Waals surface area contributed by atoms with E-state index in [4.69, 9.17) is 26.8 Å². The van der Waals surface area contributed by atoms with E-state index in [1.807, 2.05) is 0 Å². The molecule has 3 N–H and O–H groups in total. The molecule has 4 aromatic rings. The van der Waals surface area contributed by atoms with Crippen molar-refractivity contribution in [3.8, 4) is 6.01 Å². The number of benzene rings is 1. The summed E-state index contributed by atoms with van der Waals surface area (Å²) in [7, 11) is 4.52. The van der Waals surface area contributed by atoms with Crippen LogP contribution >= 0.6 is 11.6 Å². The molecular weight excluding hydrogens is 736 g/mol. The lowest BCUT2D eigenvalue weighted by atomic mass is 9.94. The highest BCUT2D eigenvalue weighted by Gasteiger charge is 2.53. The summed E-state index contributed by atoms with van der Waals surface area (Å²) >= 11 is 6.68. The molecule has 1 amide bonds. The summed E-state index contributed by atoms with van der Waals surface area (Å²) in [4.78, 5) is 40.2. The van der Waals surface area contributed by atoms with E-state index in [1.54, 1.807) is 23.7 Å². The Morgan fingerprint density at radius 1 is 1.19 bits per heavy atom. The molecule has 3 aliphatic heterocycles. The van der Waals surface area contributed by atoms with E-state index in [-0.39, 0.29) is 53.5 Å². The Morgan fingerprint density at radius 2 is 1.94 bits per heavy atom. The van der Waals surface area contributed by atoms with E-state index < -0.39 is 70.6 Å². The molecule has 0 spiro atoms. The average Bonchev–Trinajstić information content (AvgIpc) is 3.37. The Labute approximate surface area is 302 Å². The highest BCUT2D eigenvalue weighted by Crippen LogP contribution is 2.46. The third-order valence-corrected chi connectivity index (χ3v) is 10.00. The number of nitrogen functional groups attached to an aromatic ring is 1. The van der Waals surface area contributed by atoms with Crippen LogP contribution < -0.4 is 25.8 Å². The van der Waals surface area contributed by atoms with Crippen LogP contribution in [-0.2, 0) is 43.0 Å². The molecular formula is C33H32ClF6N9O4.